The summed E-state index contributed by atoms with van der Waals surface area (Å²) in [5.74, 6) is -0.155. The summed E-state index contributed by atoms with van der Waals surface area (Å²) in [4.78, 5) is 30.7. The maximum Gasteiger partial charge on any atom is 0.330 e. The van der Waals surface area contributed by atoms with Crippen LogP contribution in [0.2, 0.25) is 0 Å². The van der Waals surface area contributed by atoms with Crippen LogP contribution in [0.1, 0.15) is 0 Å². The van der Waals surface area contributed by atoms with E-state index < -0.39 is 0 Å². The molecule has 0 saturated heterocycles. The summed E-state index contributed by atoms with van der Waals surface area (Å²) in [6, 6.07) is 3.53. The van der Waals surface area contributed by atoms with Crippen LogP contribution in [0.4, 0.5) is 0 Å². The van der Waals surface area contributed by atoms with Gasteiger partial charge in [0.05, 0.1) is 18.7 Å². The third-order valence-corrected chi connectivity index (χ3v) is 3.67. The van der Waals surface area contributed by atoms with Crippen molar-refractivity contribution in [2.75, 3.05) is 40.5 Å². The van der Waals surface area contributed by atoms with Gasteiger partial charge in [0.25, 0.3) is 0 Å². The molecule has 0 aliphatic rings. The molecule has 0 bridgehead atoms. The molecule has 8 heteroatoms. The zero-order valence-electron chi connectivity index (χ0n) is 13.7. The van der Waals surface area contributed by atoms with Gasteiger partial charge in [-0.15, -0.1) is 0 Å². The standard InChI is InChI=1S/C15H22N4O4/c1-17-14-12(5-4-6-16-14)19(15(17)21)11-13(20)18(7-9-22-2)8-10-23-3/h4-6H,7-11H2,1-3H3. The van der Waals surface area contributed by atoms with Gasteiger partial charge < -0.3 is 14.4 Å². The van der Waals surface area contributed by atoms with E-state index in [1.54, 1.807) is 44.5 Å². The van der Waals surface area contributed by atoms with Crippen LogP contribution in [0, 0.1) is 0 Å². The highest BCUT2D eigenvalue weighted by Crippen LogP contribution is 2.09. The van der Waals surface area contributed by atoms with E-state index in [9.17, 15) is 9.59 Å². The van der Waals surface area contributed by atoms with E-state index in [1.807, 2.05) is 0 Å². The first-order chi connectivity index (χ1) is 11.1. The molecule has 8 nitrogen and oxygen atoms in total. The number of amides is 1. The number of aromatic nitrogens is 3. The first-order valence-corrected chi connectivity index (χ1v) is 7.36. The van der Waals surface area contributed by atoms with Crippen molar-refractivity contribution in [1.29, 1.82) is 0 Å². The van der Waals surface area contributed by atoms with Crippen LogP contribution in [-0.4, -0.2) is 65.4 Å². The highest BCUT2D eigenvalue weighted by Gasteiger charge is 2.18. The summed E-state index contributed by atoms with van der Waals surface area (Å²) >= 11 is 0. The zero-order chi connectivity index (χ0) is 16.8. The molecule has 0 saturated carbocycles. The number of hydrogen-bond donors (Lipinski definition) is 0. The minimum atomic E-state index is -0.259. The minimum absolute atomic E-state index is 0.0324. The summed E-state index contributed by atoms with van der Waals surface area (Å²) in [6.07, 6.45) is 1.62. The van der Waals surface area contributed by atoms with E-state index in [2.05, 4.69) is 4.98 Å². The van der Waals surface area contributed by atoms with E-state index in [-0.39, 0.29) is 18.1 Å². The first-order valence-electron chi connectivity index (χ1n) is 7.36. The first kappa shape index (κ1) is 17.2. The zero-order valence-corrected chi connectivity index (χ0v) is 13.7. The molecular weight excluding hydrogens is 300 g/mol. The maximum absolute atomic E-state index is 12.6. The van der Waals surface area contributed by atoms with Crippen LogP contribution in [0.15, 0.2) is 23.1 Å². The van der Waals surface area contributed by atoms with Gasteiger partial charge >= 0.3 is 5.69 Å². The van der Waals surface area contributed by atoms with Crippen LogP contribution in [0.25, 0.3) is 11.2 Å². The van der Waals surface area contributed by atoms with Crippen LogP contribution < -0.4 is 5.69 Å². The van der Waals surface area contributed by atoms with Gasteiger partial charge in [0.2, 0.25) is 5.91 Å². The fourth-order valence-electron chi connectivity index (χ4n) is 2.38. The Bertz CT molecular complexity index is 714. The maximum atomic E-state index is 12.6. The van der Waals surface area contributed by atoms with E-state index in [0.29, 0.717) is 37.5 Å². The molecule has 0 spiro atoms. The molecule has 1 amide bonds. The number of ether oxygens (including phenoxy) is 2. The van der Waals surface area contributed by atoms with Gasteiger partial charge in [-0.25, -0.2) is 9.78 Å². The van der Waals surface area contributed by atoms with Gasteiger partial charge in [-0.1, -0.05) is 0 Å². The second kappa shape index (κ2) is 7.89. The molecule has 126 valence electrons. The molecule has 2 rings (SSSR count). The summed E-state index contributed by atoms with van der Waals surface area (Å²) < 4.78 is 13.0. The molecule has 0 fully saturated rings. The average molecular weight is 322 g/mol. The van der Waals surface area contributed by atoms with Crippen LogP contribution >= 0.6 is 0 Å². The molecule has 0 N–H and O–H groups in total. The van der Waals surface area contributed by atoms with Crippen LogP contribution in [0.5, 0.6) is 0 Å². The predicted octanol–water partition coefficient (Wildman–Crippen LogP) is -0.144. The number of rotatable bonds is 8. The average Bonchev–Trinajstić information content (AvgIpc) is 2.80. The minimum Gasteiger partial charge on any atom is -0.383 e. The highest BCUT2D eigenvalue weighted by molar-refractivity contribution is 5.79. The van der Waals surface area contributed by atoms with E-state index >= 15 is 0 Å². The second-order valence-corrected chi connectivity index (χ2v) is 5.14. The van der Waals surface area contributed by atoms with Crippen molar-refractivity contribution >= 4 is 17.1 Å². The number of hydrogen-bond acceptors (Lipinski definition) is 5. The third kappa shape index (κ3) is 3.77. The summed E-state index contributed by atoms with van der Waals surface area (Å²) in [5, 5.41) is 0. The lowest BCUT2D eigenvalue weighted by atomic mass is 10.4. The Morgan fingerprint density at radius 2 is 1.91 bits per heavy atom. The monoisotopic (exact) mass is 322 g/mol. The van der Waals surface area contributed by atoms with E-state index in [4.69, 9.17) is 9.47 Å². The number of carbonyl (C=O) groups excluding carboxylic acids is 1. The van der Waals surface area contributed by atoms with Gasteiger partial charge in [-0.05, 0) is 12.1 Å². The Balaban J connectivity index is 2.24. The van der Waals surface area contributed by atoms with E-state index in [0.717, 1.165) is 0 Å². The molecule has 0 unspecified atom stereocenters. The molecule has 0 aliphatic heterocycles. The Labute approximate surface area is 134 Å². The van der Waals surface area contributed by atoms with Gasteiger partial charge in [0, 0.05) is 40.6 Å². The molecule has 0 aromatic carbocycles. The summed E-state index contributed by atoms with van der Waals surface area (Å²) in [6.45, 7) is 1.74. The number of carbonyl (C=O) groups is 1. The van der Waals surface area contributed by atoms with Crippen molar-refractivity contribution in [2.24, 2.45) is 7.05 Å². The Hall–Kier alpha value is -2.19. The number of imidazole rings is 1. The van der Waals surface area contributed by atoms with E-state index in [1.165, 1.54) is 9.13 Å². The predicted molar refractivity (Wildman–Crippen MR) is 85.3 cm³/mol. The number of methoxy groups -OCH3 is 2. The Morgan fingerprint density at radius 3 is 2.52 bits per heavy atom. The van der Waals surface area contributed by atoms with Crippen molar-refractivity contribution in [3.05, 3.63) is 28.8 Å². The summed E-state index contributed by atoms with van der Waals surface area (Å²) in [7, 11) is 4.81. The van der Waals surface area contributed by atoms with Crippen LogP contribution in [-0.2, 0) is 27.9 Å². The lowest BCUT2D eigenvalue weighted by molar-refractivity contribution is -0.133. The smallest absolute Gasteiger partial charge is 0.330 e. The fraction of sp³-hybridized carbons (Fsp3) is 0.533. The Kier molecular flexibility index (Phi) is 5.89. The van der Waals surface area contributed by atoms with Gasteiger partial charge in [0.15, 0.2) is 5.65 Å². The summed E-state index contributed by atoms with van der Waals surface area (Å²) in [5.41, 5.74) is 0.947. The van der Waals surface area contributed by atoms with Gasteiger partial charge in [-0.3, -0.25) is 13.9 Å². The number of nitrogens with zero attached hydrogens (tertiary/aromatic N) is 4. The quantitative estimate of drug-likeness (QED) is 0.676. The van der Waals surface area contributed by atoms with Crippen molar-refractivity contribution in [3.8, 4) is 0 Å². The van der Waals surface area contributed by atoms with Crippen molar-refractivity contribution in [3.63, 3.8) is 0 Å². The fourth-order valence-corrected chi connectivity index (χ4v) is 2.38. The molecule has 2 heterocycles. The van der Waals surface area contributed by atoms with Crippen LogP contribution in [0.3, 0.4) is 0 Å². The normalized spacial score (nSPS) is 11.1. The molecule has 0 atom stereocenters. The second-order valence-electron chi connectivity index (χ2n) is 5.14. The number of pyridine rings is 1. The van der Waals surface area contributed by atoms with Gasteiger partial charge in [0.1, 0.15) is 6.54 Å². The molecule has 2 aromatic heterocycles. The number of aryl methyl sites for hydroxylation is 1. The SMILES string of the molecule is COCCN(CCOC)C(=O)Cn1c(=O)n(C)c2ncccc21. The molecule has 0 radical (unpaired) electrons. The van der Waals surface area contributed by atoms with Gasteiger partial charge in [-0.2, -0.15) is 0 Å². The molecule has 2 aromatic rings. The molecular formula is C15H22N4O4. The number of fused-ring (bicyclic) bond motifs is 1. The Morgan fingerprint density at radius 1 is 1.26 bits per heavy atom. The highest BCUT2D eigenvalue weighted by atomic mass is 16.5. The molecule has 0 aliphatic carbocycles. The largest absolute Gasteiger partial charge is 0.383 e. The van der Waals surface area contributed by atoms with Crippen molar-refractivity contribution in [2.45, 2.75) is 6.54 Å². The topological polar surface area (TPSA) is 78.6 Å². The molecule has 23 heavy (non-hydrogen) atoms. The lowest BCUT2D eigenvalue weighted by Gasteiger charge is -2.22. The third-order valence-electron chi connectivity index (χ3n) is 3.67. The van der Waals surface area contributed by atoms with Crippen molar-refractivity contribution < 1.29 is 14.3 Å². The lowest BCUT2D eigenvalue weighted by Crippen LogP contribution is -2.40. The van der Waals surface area contributed by atoms with Crippen molar-refractivity contribution in [1.82, 2.24) is 19.0 Å².